The second kappa shape index (κ2) is 9.81. The molecule has 2 heterocycles. The Morgan fingerprint density at radius 1 is 1.28 bits per heavy atom. The van der Waals surface area contributed by atoms with Gasteiger partial charge in [-0.15, -0.1) is 11.8 Å². The number of hydrogen-bond acceptors (Lipinski definition) is 4. The number of aromatic amines is 1. The quantitative estimate of drug-likeness (QED) is 0.595. The van der Waals surface area contributed by atoms with Crippen LogP contribution in [0.3, 0.4) is 0 Å². The number of aromatic nitrogens is 1. The molecule has 0 spiro atoms. The summed E-state index contributed by atoms with van der Waals surface area (Å²) < 4.78 is 0. The molecule has 2 atom stereocenters. The highest BCUT2D eigenvalue weighted by molar-refractivity contribution is 8.00. The molecule has 1 unspecified atom stereocenters. The zero-order chi connectivity index (χ0) is 23.5. The van der Waals surface area contributed by atoms with Gasteiger partial charge in [-0.25, -0.2) is 0 Å². The first kappa shape index (κ1) is 23.9. The molecular formula is C24H32N4O3S. The van der Waals surface area contributed by atoms with Crippen molar-refractivity contribution >= 4 is 46.5 Å². The van der Waals surface area contributed by atoms with E-state index in [9.17, 15) is 14.4 Å². The Morgan fingerprint density at radius 2 is 2.00 bits per heavy atom. The van der Waals surface area contributed by atoms with Gasteiger partial charge in [-0.05, 0) is 38.3 Å². The van der Waals surface area contributed by atoms with Crippen LogP contribution in [0.4, 0.5) is 0 Å². The Balaban J connectivity index is 1.75. The zero-order valence-corrected chi connectivity index (χ0v) is 20.1. The van der Waals surface area contributed by atoms with Crippen molar-refractivity contribution in [3.05, 3.63) is 42.2 Å². The van der Waals surface area contributed by atoms with Gasteiger partial charge in [-0.1, -0.05) is 32.0 Å². The lowest BCUT2D eigenvalue weighted by Gasteiger charge is -2.37. The topological polar surface area (TPSA) is 94.3 Å². The molecule has 1 fully saturated rings. The van der Waals surface area contributed by atoms with Crippen molar-refractivity contribution in [2.24, 2.45) is 5.92 Å². The van der Waals surface area contributed by atoms with Crippen molar-refractivity contribution in [2.75, 3.05) is 5.75 Å². The monoisotopic (exact) mass is 456 g/mol. The first-order valence-electron chi connectivity index (χ1n) is 10.9. The van der Waals surface area contributed by atoms with Crippen molar-refractivity contribution in [1.29, 1.82) is 0 Å². The van der Waals surface area contributed by atoms with Gasteiger partial charge >= 0.3 is 0 Å². The van der Waals surface area contributed by atoms with Crippen LogP contribution in [-0.4, -0.2) is 50.3 Å². The van der Waals surface area contributed by atoms with Gasteiger partial charge in [0.1, 0.15) is 12.1 Å². The van der Waals surface area contributed by atoms with E-state index in [1.54, 1.807) is 22.9 Å². The SMILES string of the molecule is CC(=O)N[C@H](CC(C)C)C(=O)N1C(C(=O)N/C=C\c2c[nH]c3ccccc23)CSC1(C)C. The van der Waals surface area contributed by atoms with E-state index in [1.165, 1.54) is 6.92 Å². The number of benzene rings is 1. The fourth-order valence-electron chi connectivity index (χ4n) is 4.06. The van der Waals surface area contributed by atoms with Crippen LogP contribution >= 0.6 is 11.8 Å². The number of nitrogens with zero attached hydrogens (tertiary/aromatic N) is 1. The summed E-state index contributed by atoms with van der Waals surface area (Å²) in [6.07, 6.45) is 5.87. The van der Waals surface area contributed by atoms with Crippen LogP contribution in [0.15, 0.2) is 36.7 Å². The Labute approximate surface area is 193 Å². The fraction of sp³-hybridized carbons (Fsp3) is 0.458. The van der Waals surface area contributed by atoms with Crippen molar-refractivity contribution in [2.45, 2.75) is 58.0 Å². The van der Waals surface area contributed by atoms with Crippen molar-refractivity contribution in [3.63, 3.8) is 0 Å². The highest BCUT2D eigenvalue weighted by Crippen LogP contribution is 2.39. The van der Waals surface area contributed by atoms with E-state index in [0.717, 1.165) is 16.5 Å². The van der Waals surface area contributed by atoms with Crippen LogP contribution in [0.2, 0.25) is 0 Å². The van der Waals surface area contributed by atoms with Gasteiger partial charge in [0.05, 0.1) is 4.87 Å². The third kappa shape index (κ3) is 5.35. The van der Waals surface area contributed by atoms with Gasteiger partial charge in [-0.3, -0.25) is 14.4 Å². The maximum atomic E-state index is 13.4. The molecule has 2 aromatic rings. The maximum Gasteiger partial charge on any atom is 0.247 e. The number of rotatable bonds is 7. The predicted octanol–water partition coefficient (Wildman–Crippen LogP) is 3.49. The summed E-state index contributed by atoms with van der Waals surface area (Å²) in [6, 6.07) is 6.68. The third-order valence-electron chi connectivity index (χ3n) is 5.52. The number of para-hydroxylation sites is 1. The van der Waals surface area contributed by atoms with E-state index < -0.39 is 17.0 Å². The van der Waals surface area contributed by atoms with Crippen molar-refractivity contribution in [3.8, 4) is 0 Å². The molecule has 172 valence electrons. The Kier molecular flexibility index (Phi) is 7.33. The normalized spacial score (nSPS) is 18.9. The number of nitrogens with one attached hydrogen (secondary N) is 3. The number of carbonyl (C=O) groups excluding carboxylic acids is 3. The Hall–Kier alpha value is -2.74. The molecule has 1 saturated heterocycles. The van der Waals surface area contributed by atoms with Gasteiger partial charge in [0.2, 0.25) is 17.7 Å². The number of hydrogen-bond donors (Lipinski definition) is 3. The van der Waals surface area contributed by atoms with Crippen LogP contribution in [-0.2, 0) is 14.4 Å². The summed E-state index contributed by atoms with van der Waals surface area (Å²) in [5, 5.41) is 6.69. The van der Waals surface area contributed by atoms with Crippen molar-refractivity contribution < 1.29 is 14.4 Å². The third-order valence-corrected chi connectivity index (χ3v) is 6.90. The average molecular weight is 457 g/mol. The number of amides is 3. The molecule has 3 amide bonds. The standard InChI is InChI=1S/C24H32N4O3S/c1-15(2)12-20(27-16(3)29)23(31)28-21(14-32-24(28,4)5)22(30)25-11-10-17-13-26-19-9-7-6-8-18(17)19/h6-11,13,15,20-21,26H,12,14H2,1-5H3,(H,25,30)(H,27,29)/b11-10-/t20-,21?/m1/s1. The first-order valence-corrected chi connectivity index (χ1v) is 11.9. The van der Waals surface area contributed by atoms with E-state index in [4.69, 9.17) is 0 Å². The summed E-state index contributed by atoms with van der Waals surface area (Å²) in [4.78, 5) is 42.5. The molecule has 3 N–H and O–H groups in total. The number of thioether (sulfide) groups is 1. The lowest BCUT2D eigenvalue weighted by molar-refractivity contribution is -0.144. The molecule has 0 aliphatic carbocycles. The summed E-state index contributed by atoms with van der Waals surface area (Å²) in [7, 11) is 0. The smallest absolute Gasteiger partial charge is 0.247 e. The van der Waals surface area contributed by atoms with Gasteiger partial charge in [0.25, 0.3) is 0 Å². The van der Waals surface area contributed by atoms with E-state index in [2.05, 4.69) is 15.6 Å². The number of H-pyrrole nitrogens is 1. The average Bonchev–Trinajstić information content (AvgIpc) is 3.26. The molecule has 7 nitrogen and oxygen atoms in total. The molecule has 1 aliphatic heterocycles. The molecule has 0 bridgehead atoms. The largest absolute Gasteiger partial charge is 0.361 e. The van der Waals surface area contributed by atoms with Gasteiger partial charge < -0.3 is 20.5 Å². The highest BCUT2D eigenvalue weighted by atomic mass is 32.2. The lowest BCUT2D eigenvalue weighted by Crippen LogP contribution is -2.58. The second-order valence-corrected chi connectivity index (χ2v) is 10.6. The summed E-state index contributed by atoms with van der Waals surface area (Å²) >= 11 is 1.56. The van der Waals surface area contributed by atoms with Gasteiger partial charge in [-0.2, -0.15) is 0 Å². The van der Waals surface area contributed by atoms with Crippen LogP contribution in [0, 0.1) is 5.92 Å². The highest BCUT2D eigenvalue weighted by Gasteiger charge is 2.48. The Bertz CT molecular complexity index is 1030. The molecule has 3 rings (SSSR count). The molecular weight excluding hydrogens is 424 g/mol. The fourth-order valence-corrected chi connectivity index (χ4v) is 5.28. The van der Waals surface area contributed by atoms with E-state index in [-0.39, 0.29) is 23.6 Å². The molecule has 32 heavy (non-hydrogen) atoms. The zero-order valence-electron chi connectivity index (χ0n) is 19.3. The molecule has 0 saturated carbocycles. The van der Waals surface area contributed by atoms with Crippen LogP contribution in [0.25, 0.3) is 17.0 Å². The summed E-state index contributed by atoms with van der Waals surface area (Å²) in [5.41, 5.74) is 2.00. The molecule has 1 aromatic heterocycles. The predicted molar refractivity (Wildman–Crippen MR) is 130 cm³/mol. The van der Waals surface area contributed by atoms with E-state index in [1.807, 2.05) is 64.2 Å². The van der Waals surface area contributed by atoms with E-state index >= 15 is 0 Å². The number of fused-ring (bicyclic) bond motifs is 1. The minimum absolute atomic E-state index is 0.218. The molecule has 1 aliphatic rings. The summed E-state index contributed by atoms with van der Waals surface area (Å²) in [5.74, 6) is 0.0140. The van der Waals surface area contributed by atoms with Crippen LogP contribution < -0.4 is 10.6 Å². The minimum Gasteiger partial charge on any atom is -0.361 e. The molecule has 1 aromatic carbocycles. The molecule has 8 heteroatoms. The second-order valence-electron chi connectivity index (χ2n) is 9.00. The maximum absolute atomic E-state index is 13.4. The minimum atomic E-state index is -0.650. The lowest BCUT2D eigenvalue weighted by atomic mass is 10.0. The van der Waals surface area contributed by atoms with Crippen LogP contribution in [0.1, 0.15) is 46.6 Å². The van der Waals surface area contributed by atoms with Gasteiger partial charge in [0.15, 0.2) is 0 Å². The van der Waals surface area contributed by atoms with Crippen LogP contribution in [0.5, 0.6) is 0 Å². The van der Waals surface area contributed by atoms with E-state index in [0.29, 0.717) is 12.2 Å². The Morgan fingerprint density at radius 3 is 2.69 bits per heavy atom. The summed E-state index contributed by atoms with van der Waals surface area (Å²) in [6.45, 7) is 9.29. The number of carbonyl (C=O) groups is 3. The molecule has 0 radical (unpaired) electrons. The first-order chi connectivity index (χ1) is 15.1. The van der Waals surface area contributed by atoms with Crippen molar-refractivity contribution in [1.82, 2.24) is 20.5 Å². The van der Waals surface area contributed by atoms with Gasteiger partial charge in [0, 0.05) is 41.5 Å².